The molecule has 0 radical (unpaired) electrons. The van der Waals surface area contributed by atoms with E-state index in [1.807, 2.05) is 7.05 Å². The molecule has 0 unspecified atom stereocenters. The van der Waals surface area contributed by atoms with Crippen LogP contribution in [0.2, 0.25) is 5.02 Å². The molecule has 0 aromatic heterocycles. The van der Waals surface area contributed by atoms with Gasteiger partial charge in [0.1, 0.15) is 5.82 Å². The lowest BCUT2D eigenvalue weighted by Crippen LogP contribution is -2.04. The zero-order valence-electron chi connectivity index (χ0n) is 7.20. The molecular formula is C10H9ClFN. The highest BCUT2D eigenvalue weighted by Crippen LogP contribution is 2.14. The summed E-state index contributed by atoms with van der Waals surface area (Å²) in [4.78, 5) is 0. The van der Waals surface area contributed by atoms with Crippen LogP contribution < -0.4 is 5.32 Å². The number of hydrogen-bond donors (Lipinski definition) is 1. The molecule has 0 fully saturated rings. The van der Waals surface area contributed by atoms with Gasteiger partial charge in [0.15, 0.2) is 0 Å². The van der Waals surface area contributed by atoms with E-state index in [9.17, 15) is 4.39 Å². The Kier molecular flexibility index (Phi) is 3.75. The first-order valence-electron chi connectivity index (χ1n) is 3.82. The van der Waals surface area contributed by atoms with E-state index < -0.39 is 5.82 Å². The molecule has 0 bridgehead atoms. The summed E-state index contributed by atoms with van der Waals surface area (Å²) in [6, 6.07) is 4.43. The predicted molar refractivity (Wildman–Crippen MR) is 52.2 cm³/mol. The van der Waals surface area contributed by atoms with E-state index in [0.29, 0.717) is 6.54 Å². The predicted octanol–water partition coefficient (Wildman–Crippen LogP) is 2.05. The van der Waals surface area contributed by atoms with Crippen LogP contribution >= 0.6 is 11.6 Å². The van der Waals surface area contributed by atoms with Gasteiger partial charge >= 0.3 is 0 Å². The highest BCUT2D eigenvalue weighted by molar-refractivity contribution is 6.30. The molecule has 1 aromatic rings. The molecule has 0 saturated carbocycles. The van der Waals surface area contributed by atoms with Crippen molar-refractivity contribution in [3.63, 3.8) is 0 Å². The maximum atomic E-state index is 12.7. The van der Waals surface area contributed by atoms with Gasteiger partial charge in [0.25, 0.3) is 0 Å². The fourth-order valence-corrected chi connectivity index (χ4v) is 0.989. The van der Waals surface area contributed by atoms with Gasteiger partial charge in [0, 0.05) is 5.56 Å². The van der Waals surface area contributed by atoms with E-state index >= 15 is 0 Å². The van der Waals surface area contributed by atoms with Crippen LogP contribution in [-0.4, -0.2) is 13.6 Å². The third kappa shape index (κ3) is 3.06. The van der Waals surface area contributed by atoms with Crippen LogP contribution in [0.15, 0.2) is 18.2 Å². The van der Waals surface area contributed by atoms with Crippen LogP contribution in [0.25, 0.3) is 0 Å². The second-order valence-electron chi connectivity index (χ2n) is 2.46. The molecular weight excluding hydrogens is 189 g/mol. The first-order valence-corrected chi connectivity index (χ1v) is 4.20. The number of nitrogens with one attached hydrogen (secondary N) is 1. The van der Waals surface area contributed by atoms with Crippen LogP contribution in [0, 0.1) is 17.7 Å². The zero-order chi connectivity index (χ0) is 9.68. The van der Waals surface area contributed by atoms with Crippen molar-refractivity contribution in [2.45, 2.75) is 0 Å². The molecule has 0 aliphatic carbocycles. The van der Waals surface area contributed by atoms with E-state index in [4.69, 9.17) is 11.6 Å². The van der Waals surface area contributed by atoms with Gasteiger partial charge in [-0.25, -0.2) is 4.39 Å². The molecule has 13 heavy (non-hydrogen) atoms. The zero-order valence-corrected chi connectivity index (χ0v) is 7.95. The molecule has 68 valence electrons. The fraction of sp³-hybridized carbons (Fsp3) is 0.200. The van der Waals surface area contributed by atoms with Crippen LogP contribution in [-0.2, 0) is 0 Å². The summed E-state index contributed by atoms with van der Waals surface area (Å²) in [5, 5.41) is 2.99. The molecule has 0 amide bonds. The molecule has 1 rings (SSSR count). The van der Waals surface area contributed by atoms with E-state index in [1.165, 1.54) is 12.1 Å². The Bertz CT molecular complexity index is 352. The van der Waals surface area contributed by atoms with E-state index in [0.717, 1.165) is 5.56 Å². The van der Waals surface area contributed by atoms with Crippen molar-refractivity contribution in [1.82, 2.24) is 5.32 Å². The van der Waals surface area contributed by atoms with Gasteiger partial charge in [0.2, 0.25) is 0 Å². The summed E-state index contributed by atoms with van der Waals surface area (Å²) in [5.41, 5.74) is 0.724. The van der Waals surface area contributed by atoms with Crippen molar-refractivity contribution in [3.8, 4) is 11.8 Å². The highest BCUT2D eigenvalue weighted by Gasteiger charge is 1.97. The van der Waals surface area contributed by atoms with Crippen molar-refractivity contribution in [2.75, 3.05) is 13.6 Å². The molecule has 1 aromatic carbocycles. The third-order valence-corrected chi connectivity index (χ3v) is 1.71. The summed E-state index contributed by atoms with van der Waals surface area (Å²) < 4.78 is 12.7. The van der Waals surface area contributed by atoms with Crippen molar-refractivity contribution >= 4 is 11.6 Å². The Balaban J connectivity index is 2.81. The minimum Gasteiger partial charge on any atom is -0.309 e. The van der Waals surface area contributed by atoms with Gasteiger partial charge in [-0.3, -0.25) is 0 Å². The summed E-state index contributed by atoms with van der Waals surface area (Å²) in [6.07, 6.45) is 0. The van der Waals surface area contributed by atoms with Crippen molar-refractivity contribution < 1.29 is 4.39 Å². The molecule has 0 spiro atoms. The number of halogens is 2. The lowest BCUT2D eigenvalue weighted by Gasteiger charge is -1.93. The Morgan fingerprint density at radius 2 is 2.31 bits per heavy atom. The number of rotatable bonds is 1. The van der Waals surface area contributed by atoms with Gasteiger partial charge in [-0.05, 0) is 25.2 Å². The molecule has 0 saturated heterocycles. The molecule has 0 atom stereocenters. The van der Waals surface area contributed by atoms with E-state index in [2.05, 4.69) is 17.2 Å². The monoisotopic (exact) mass is 197 g/mol. The number of hydrogen-bond acceptors (Lipinski definition) is 1. The van der Waals surface area contributed by atoms with Crippen molar-refractivity contribution in [3.05, 3.63) is 34.6 Å². The lowest BCUT2D eigenvalue weighted by molar-refractivity contribution is 0.628. The van der Waals surface area contributed by atoms with E-state index in [1.54, 1.807) is 6.07 Å². The standard InChI is InChI=1S/C10H9ClFN/c1-13-6-2-3-8-4-5-10(12)9(11)7-8/h4-5,7,13H,6H2,1H3. The Hall–Kier alpha value is -1.04. The minimum atomic E-state index is -0.416. The van der Waals surface area contributed by atoms with Crippen LogP contribution in [0.1, 0.15) is 5.56 Å². The van der Waals surface area contributed by atoms with Crippen molar-refractivity contribution in [2.24, 2.45) is 0 Å². The number of benzene rings is 1. The first-order chi connectivity index (χ1) is 6.24. The minimum absolute atomic E-state index is 0.108. The molecule has 3 heteroatoms. The first kappa shape index (κ1) is 10.0. The largest absolute Gasteiger partial charge is 0.309 e. The Morgan fingerprint density at radius 3 is 2.92 bits per heavy atom. The summed E-state index contributed by atoms with van der Waals surface area (Å²) in [6.45, 7) is 0.606. The van der Waals surface area contributed by atoms with Gasteiger partial charge in [-0.15, -0.1) is 0 Å². The molecule has 1 nitrogen and oxygen atoms in total. The average Bonchev–Trinajstić information content (AvgIpc) is 2.12. The fourth-order valence-electron chi connectivity index (χ4n) is 0.809. The maximum Gasteiger partial charge on any atom is 0.141 e. The summed E-state index contributed by atoms with van der Waals surface area (Å²) in [7, 11) is 1.81. The molecule has 1 N–H and O–H groups in total. The second kappa shape index (κ2) is 4.86. The molecule has 0 aliphatic heterocycles. The SMILES string of the molecule is CNCC#Cc1ccc(F)c(Cl)c1. The van der Waals surface area contributed by atoms with Crippen LogP contribution in [0.3, 0.4) is 0 Å². The molecule has 0 heterocycles. The summed E-state index contributed by atoms with van der Waals surface area (Å²) in [5.74, 6) is 5.29. The quantitative estimate of drug-likeness (QED) is 0.680. The third-order valence-electron chi connectivity index (χ3n) is 1.42. The smallest absolute Gasteiger partial charge is 0.141 e. The maximum absolute atomic E-state index is 12.7. The average molecular weight is 198 g/mol. The van der Waals surface area contributed by atoms with Gasteiger partial charge < -0.3 is 5.32 Å². The van der Waals surface area contributed by atoms with Gasteiger partial charge in [0.05, 0.1) is 11.6 Å². The normalized spacial score (nSPS) is 9.15. The molecule has 0 aliphatic rings. The second-order valence-corrected chi connectivity index (χ2v) is 2.87. The van der Waals surface area contributed by atoms with Crippen molar-refractivity contribution in [1.29, 1.82) is 0 Å². The lowest BCUT2D eigenvalue weighted by atomic mass is 10.2. The van der Waals surface area contributed by atoms with E-state index in [-0.39, 0.29) is 5.02 Å². The summed E-state index contributed by atoms with van der Waals surface area (Å²) >= 11 is 5.57. The van der Waals surface area contributed by atoms with Gasteiger partial charge in [-0.2, -0.15) is 0 Å². The van der Waals surface area contributed by atoms with Gasteiger partial charge in [-0.1, -0.05) is 23.4 Å². The Morgan fingerprint density at radius 1 is 1.54 bits per heavy atom. The highest BCUT2D eigenvalue weighted by atomic mass is 35.5. The Labute approximate surface area is 81.9 Å². The topological polar surface area (TPSA) is 12.0 Å². The van der Waals surface area contributed by atoms with Crippen LogP contribution in [0.5, 0.6) is 0 Å². The van der Waals surface area contributed by atoms with Crippen LogP contribution in [0.4, 0.5) is 4.39 Å².